The fourth-order valence-corrected chi connectivity index (χ4v) is 6.99. The number of nitrogens with one attached hydrogen (secondary N) is 1. The number of amides is 2. The molecule has 1 aliphatic carbocycles. The zero-order valence-corrected chi connectivity index (χ0v) is 26.3. The molecule has 1 atom stereocenters. The molecule has 2 amide bonds. The summed E-state index contributed by atoms with van der Waals surface area (Å²) in [5.74, 6) is -0.778. The second-order valence-corrected chi connectivity index (χ2v) is 12.8. The lowest BCUT2D eigenvalue weighted by molar-refractivity contribution is -0.140. The van der Waals surface area contributed by atoms with Gasteiger partial charge in [-0.2, -0.15) is 0 Å². The van der Waals surface area contributed by atoms with Gasteiger partial charge in [-0.3, -0.25) is 13.9 Å². The van der Waals surface area contributed by atoms with Gasteiger partial charge in [0.05, 0.1) is 17.2 Å². The van der Waals surface area contributed by atoms with E-state index in [1.807, 2.05) is 44.2 Å². The van der Waals surface area contributed by atoms with E-state index in [0.717, 1.165) is 54.1 Å². The van der Waals surface area contributed by atoms with Gasteiger partial charge >= 0.3 is 0 Å². The Kier molecular flexibility index (Phi) is 11.8. The number of carbonyl (C=O) groups excluding carboxylic acids is 2. The van der Waals surface area contributed by atoms with Crippen LogP contribution in [0.2, 0.25) is 0 Å². The molecule has 3 aromatic carbocycles. The molecule has 0 bridgehead atoms. The molecule has 0 saturated heterocycles. The van der Waals surface area contributed by atoms with Gasteiger partial charge < -0.3 is 15.0 Å². The van der Waals surface area contributed by atoms with Gasteiger partial charge in [0, 0.05) is 12.6 Å². The largest absolute Gasteiger partial charge is 0.494 e. The summed E-state index contributed by atoms with van der Waals surface area (Å²) in [6, 6.07) is 19.8. The fraction of sp³-hybridized carbons (Fsp3) is 0.412. The number of anilines is 1. The minimum absolute atomic E-state index is 0.0454. The first-order valence-electron chi connectivity index (χ1n) is 15.4. The van der Waals surface area contributed by atoms with Crippen molar-refractivity contribution in [1.82, 2.24) is 10.2 Å². The summed E-state index contributed by atoms with van der Waals surface area (Å²) >= 11 is 0. The van der Waals surface area contributed by atoms with E-state index in [1.54, 1.807) is 12.1 Å². The number of sulfonamides is 1. The Labute approximate surface area is 260 Å². The normalized spacial score (nSPS) is 14.4. The van der Waals surface area contributed by atoms with Gasteiger partial charge in [0.2, 0.25) is 11.8 Å². The smallest absolute Gasteiger partial charge is 0.264 e. The van der Waals surface area contributed by atoms with Crippen molar-refractivity contribution < 1.29 is 27.1 Å². The molecule has 4 rings (SSSR count). The summed E-state index contributed by atoms with van der Waals surface area (Å²) in [7, 11) is -4.26. The Morgan fingerprint density at radius 2 is 1.59 bits per heavy atom. The molecular weight excluding hydrogens is 581 g/mol. The highest BCUT2D eigenvalue weighted by molar-refractivity contribution is 7.92. The van der Waals surface area contributed by atoms with E-state index in [-0.39, 0.29) is 29.1 Å². The van der Waals surface area contributed by atoms with Crippen LogP contribution in [0.25, 0.3) is 0 Å². The van der Waals surface area contributed by atoms with Crippen LogP contribution < -0.4 is 14.4 Å². The molecule has 1 fully saturated rings. The highest BCUT2D eigenvalue weighted by atomic mass is 32.2. The van der Waals surface area contributed by atoms with Crippen LogP contribution in [0, 0.1) is 5.82 Å². The molecule has 10 heteroatoms. The van der Waals surface area contributed by atoms with Crippen LogP contribution in [0.5, 0.6) is 5.75 Å². The molecule has 1 aliphatic rings. The Morgan fingerprint density at radius 3 is 2.20 bits per heavy atom. The molecule has 0 unspecified atom stereocenters. The molecule has 8 nitrogen and oxygen atoms in total. The van der Waals surface area contributed by atoms with Crippen LogP contribution in [0.15, 0.2) is 83.8 Å². The van der Waals surface area contributed by atoms with Crippen LogP contribution in [0.3, 0.4) is 0 Å². The van der Waals surface area contributed by atoms with E-state index in [9.17, 15) is 22.4 Å². The van der Waals surface area contributed by atoms with E-state index < -0.39 is 34.3 Å². The number of benzene rings is 3. The Morgan fingerprint density at radius 1 is 0.932 bits per heavy atom. The third kappa shape index (κ3) is 8.59. The fourth-order valence-electron chi connectivity index (χ4n) is 5.58. The highest BCUT2D eigenvalue weighted by Gasteiger charge is 2.34. The van der Waals surface area contributed by atoms with Crippen molar-refractivity contribution in [1.29, 1.82) is 0 Å². The maximum absolute atomic E-state index is 14.2. The second kappa shape index (κ2) is 15.7. The first-order valence-corrected chi connectivity index (χ1v) is 16.8. The number of halogens is 1. The third-order valence-electron chi connectivity index (χ3n) is 7.94. The van der Waals surface area contributed by atoms with E-state index in [0.29, 0.717) is 25.2 Å². The lowest BCUT2D eigenvalue weighted by Crippen LogP contribution is -2.54. The van der Waals surface area contributed by atoms with Gasteiger partial charge in [-0.25, -0.2) is 12.8 Å². The molecule has 3 aromatic rings. The predicted octanol–water partition coefficient (Wildman–Crippen LogP) is 5.72. The van der Waals surface area contributed by atoms with Crippen LogP contribution in [-0.4, -0.2) is 56.9 Å². The number of ether oxygens (including phenoxy) is 1. The maximum atomic E-state index is 14.2. The SMILES string of the molecule is CCOc1ccc(S(=O)(=O)N(CC(=O)N(CCc2ccccc2)[C@@H](CC)C(=O)NC2CCCCC2)c2ccc(F)cc2)cc1. The summed E-state index contributed by atoms with van der Waals surface area (Å²) in [5.41, 5.74) is 1.13. The van der Waals surface area contributed by atoms with E-state index in [1.165, 1.54) is 29.2 Å². The van der Waals surface area contributed by atoms with Crippen molar-refractivity contribution >= 4 is 27.5 Å². The molecule has 0 radical (unpaired) electrons. The van der Waals surface area contributed by atoms with Crippen molar-refractivity contribution in [3.8, 4) is 5.75 Å². The van der Waals surface area contributed by atoms with Crippen molar-refractivity contribution in [3.63, 3.8) is 0 Å². The molecular formula is C34H42FN3O5S. The number of hydrogen-bond acceptors (Lipinski definition) is 5. The van der Waals surface area contributed by atoms with Gasteiger partial charge in [-0.15, -0.1) is 0 Å². The van der Waals surface area contributed by atoms with Crippen molar-refractivity contribution in [2.24, 2.45) is 0 Å². The molecule has 1 N–H and O–H groups in total. The number of nitrogens with zero attached hydrogens (tertiary/aromatic N) is 2. The monoisotopic (exact) mass is 623 g/mol. The number of rotatable bonds is 14. The van der Waals surface area contributed by atoms with Gasteiger partial charge in [-0.05, 0) is 86.7 Å². The average molecular weight is 624 g/mol. The summed E-state index contributed by atoms with van der Waals surface area (Å²) in [6.07, 6.45) is 5.90. The molecule has 236 valence electrons. The first kappa shape index (κ1) is 33.0. The quantitative estimate of drug-likeness (QED) is 0.248. The maximum Gasteiger partial charge on any atom is 0.264 e. The lowest BCUT2D eigenvalue weighted by Gasteiger charge is -2.34. The summed E-state index contributed by atoms with van der Waals surface area (Å²) < 4.78 is 48.3. The zero-order valence-electron chi connectivity index (χ0n) is 25.5. The average Bonchev–Trinajstić information content (AvgIpc) is 3.03. The standard InChI is InChI=1S/C34H42FN3O5S/c1-3-32(34(40)36-28-13-9-6-10-14-28)37(24-23-26-11-7-5-8-12-26)33(39)25-38(29-17-15-27(35)16-18-29)44(41,42)31-21-19-30(20-22-31)43-4-2/h5,7-8,11-12,15-22,28,32H,3-4,6,9-10,13-14,23-25H2,1-2H3,(H,36,40)/t32-/m0/s1. The van der Waals surface area contributed by atoms with Gasteiger partial charge in [0.1, 0.15) is 24.2 Å². The molecule has 44 heavy (non-hydrogen) atoms. The summed E-state index contributed by atoms with van der Waals surface area (Å²) in [5, 5.41) is 3.15. The molecule has 0 spiro atoms. The minimum atomic E-state index is -4.26. The Balaban J connectivity index is 1.66. The van der Waals surface area contributed by atoms with Crippen molar-refractivity contribution in [2.45, 2.75) is 75.8 Å². The van der Waals surface area contributed by atoms with E-state index >= 15 is 0 Å². The van der Waals surface area contributed by atoms with E-state index in [4.69, 9.17) is 4.74 Å². The van der Waals surface area contributed by atoms with Crippen LogP contribution >= 0.6 is 0 Å². The van der Waals surface area contributed by atoms with Crippen LogP contribution in [-0.2, 0) is 26.0 Å². The Bertz CT molecular complexity index is 1460. The van der Waals surface area contributed by atoms with Crippen LogP contribution in [0.1, 0.15) is 57.9 Å². The zero-order chi connectivity index (χ0) is 31.5. The van der Waals surface area contributed by atoms with Crippen molar-refractivity contribution in [3.05, 3.63) is 90.2 Å². The lowest BCUT2D eigenvalue weighted by atomic mass is 9.95. The topological polar surface area (TPSA) is 96.0 Å². The molecule has 0 aromatic heterocycles. The van der Waals surface area contributed by atoms with Gasteiger partial charge in [0.15, 0.2) is 0 Å². The Hall–Kier alpha value is -3.92. The third-order valence-corrected chi connectivity index (χ3v) is 9.73. The van der Waals surface area contributed by atoms with E-state index in [2.05, 4.69) is 5.32 Å². The van der Waals surface area contributed by atoms with Crippen LogP contribution in [0.4, 0.5) is 10.1 Å². The predicted molar refractivity (Wildman–Crippen MR) is 169 cm³/mol. The van der Waals surface area contributed by atoms with Gasteiger partial charge in [0.25, 0.3) is 10.0 Å². The number of carbonyl (C=O) groups is 2. The molecule has 0 heterocycles. The first-order chi connectivity index (χ1) is 21.2. The summed E-state index contributed by atoms with van der Waals surface area (Å²) in [6.45, 7) is 3.76. The second-order valence-electron chi connectivity index (χ2n) is 11.0. The van der Waals surface area contributed by atoms with Crippen molar-refractivity contribution in [2.75, 3.05) is 24.0 Å². The molecule has 0 aliphatic heterocycles. The molecule has 1 saturated carbocycles. The minimum Gasteiger partial charge on any atom is -0.494 e. The van der Waals surface area contributed by atoms with Gasteiger partial charge in [-0.1, -0.05) is 56.5 Å². The summed E-state index contributed by atoms with van der Waals surface area (Å²) in [4.78, 5) is 29.2. The highest BCUT2D eigenvalue weighted by Crippen LogP contribution is 2.26. The number of hydrogen-bond donors (Lipinski definition) is 1.